The lowest BCUT2D eigenvalue weighted by Gasteiger charge is -2.22. The Balaban J connectivity index is 1.62. The molecule has 1 aromatic rings. The Bertz CT molecular complexity index is 1070. The maximum absolute atomic E-state index is 12.2. The maximum atomic E-state index is 12.2. The van der Waals surface area contributed by atoms with Crippen molar-refractivity contribution in [1.82, 2.24) is 0 Å². The lowest BCUT2D eigenvalue weighted by Crippen LogP contribution is -2.36. The highest BCUT2D eigenvalue weighted by Crippen LogP contribution is 2.40. The Morgan fingerprint density at radius 3 is 2.45 bits per heavy atom. The van der Waals surface area contributed by atoms with E-state index >= 15 is 0 Å². The molecular weight excluding hydrogens is 508 g/mol. The molecule has 1 amide bonds. The zero-order valence-corrected chi connectivity index (χ0v) is 18.0. The van der Waals surface area contributed by atoms with Crippen molar-refractivity contribution in [3.63, 3.8) is 0 Å². The number of ketones is 2. The van der Waals surface area contributed by atoms with E-state index < -0.39 is 18.1 Å². The first-order chi connectivity index (χ1) is 13.9. The lowest BCUT2D eigenvalue weighted by atomic mass is 10.0. The van der Waals surface area contributed by atoms with Gasteiger partial charge in [-0.25, -0.2) is 4.99 Å². The second-order valence-corrected chi connectivity index (χ2v) is 8.37. The lowest BCUT2D eigenvalue weighted by molar-refractivity contribution is -0.124. The van der Waals surface area contributed by atoms with Crippen LogP contribution in [-0.4, -0.2) is 35.6 Å². The van der Waals surface area contributed by atoms with Gasteiger partial charge in [0.2, 0.25) is 17.4 Å². The van der Waals surface area contributed by atoms with E-state index in [1.54, 1.807) is 24.3 Å². The van der Waals surface area contributed by atoms with E-state index in [9.17, 15) is 14.4 Å². The molecule has 0 N–H and O–H groups in total. The molecule has 4 rings (SSSR count). The standard InChI is InChI=1S/C19H12Br2N4O4/c20-12-3-10(25-18(28)6-15(26)14(7-22)24-25)4-13(21)19(12)29-17-5-11(9-1-2-9)16(27)8-23-17/h3-5,9H,1-2,6,8H2. The molecule has 2 aliphatic heterocycles. The molecule has 0 bridgehead atoms. The van der Waals surface area contributed by atoms with Crippen LogP contribution in [0, 0.1) is 17.2 Å². The monoisotopic (exact) mass is 518 g/mol. The molecule has 10 heteroatoms. The van der Waals surface area contributed by atoms with Crippen LogP contribution in [0.2, 0.25) is 0 Å². The number of nitrogens with zero attached hydrogens (tertiary/aromatic N) is 4. The molecule has 0 unspecified atom stereocenters. The number of Topliss-reactive ketones (excluding diaryl/α,β-unsaturated/α-hetero) is 2. The molecule has 0 aromatic heterocycles. The summed E-state index contributed by atoms with van der Waals surface area (Å²) < 4.78 is 6.89. The van der Waals surface area contributed by atoms with Crippen LogP contribution in [-0.2, 0) is 14.4 Å². The number of dihydropyridines is 1. The Hall–Kier alpha value is -2.64. The average molecular weight is 520 g/mol. The molecule has 3 aliphatic rings. The Labute approximate surface area is 182 Å². The fourth-order valence-corrected chi connectivity index (χ4v) is 4.29. The number of hydrogen-bond donors (Lipinski definition) is 0. The first kappa shape index (κ1) is 19.7. The highest BCUT2D eigenvalue weighted by Gasteiger charge is 2.33. The predicted molar refractivity (Wildman–Crippen MR) is 111 cm³/mol. The number of hydrazone groups is 1. The van der Waals surface area contributed by atoms with Gasteiger partial charge in [0.25, 0.3) is 5.91 Å². The van der Waals surface area contributed by atoms with Crippen LogP contribution >= 0.6 is 31.9 Å². The quantitative estimate of drug-likeness (QED) is 0.569. The summed E-state index contributed by atoms with van der Waals surface area (Å²) in [5.41, 5.74) is 0.785. The molecule has 0 atom stereocenters. The number of carbonyl (C=O) groups is 3. The van der Waals surface area contributed by atoms with E-state index in [4.69, 9.17) is 10.00 Å². The van der Waals surface area contributed by atoms with E-state index in [2.05, 4.69) is 42.0 Å². The number of amides is 1. The molecule has 29 heavy (non-hydrogen) atoms. The van der Waals surface area contributed by atoms with E-state index in [1.807, 2.05) is 0 Å². The second kappa shape index (κ2) is 7.65. The number of halogens is 2. The zero-order valence-electron chi connectivity index (χ0n) is 14.8. The summed E-state index contributed by atoms with van der Waals surface area (Å²) in [5.74, 6) is -0.0598. The first-order valence-electron chi connectivity index (χ1n) is 8.68. The number of carbonyl (C=O) groups excluding carboxylic acids is 3. The van der Waals surface area contributed by atoms with Crippen LogP contribution < -0.4 is 9.75 Å². The number of anilines is 1. The number of nitriles is 1. The number of ether oxygens (including phenoxy) is 1. The topological polar surface area (TPSA) is 112 Å². The Morgan fingerprint density at radius 1 is 1.14 bits per heavy atom. The third-order valence-electron chi connectivity index (χ3n) is 4.55. The van der Waals surface area contributed by atoms with Gasteiger partial charge in [0.1, 0.15) is 12.6 Å². The van der Waals surface area contributed by atoms with Crippen molar-refractivity contribution < 1.29 is 19.1 Å². The second-order valence-electron chi connectivity index (χ2n) is 6.66. The molecule has 0 spiro atoms. The minimum Gasteiger partial charge on any atom is -0.437 e. The van der Waals surface area contributed by atoms with E-state index in [1.165, 1.54) is 0 Å². The molecule has 1 fully saturated rings. The summed E-state index contributed by atoms with van der Waals surface area (Å²) in [6.07, 6.45) is 3.27. The van der Waals surface area contributed by atoms with Crippen molar-refractivity contribution in [1.29, 1.82) is 5.26 Å². The van der Waals surface area contributed by atoms with Crippen molar-refractivity contribution in [2.75, 3.05) is 11.6 Å². The van der Waals surface area contributed by atoms with Gasteiger partial charge in [-0.1, -0.05) is 0 Å². The van der Waals surface area contributed by atoms with Crippen LogP contribution in [0.15, 0.2) is 42.8 Å². The van der Waals surface area contributed by atoms with Crippen molar-refractivity contribution in [3.05, 3.63) is 32.7 Å². The van der Waals surface area contributed by atoms with Gasteiger partial charge in [-0.3, -0.25) is 14.4 Å². The molecular formula is C19H12Br2N4O4. The number of hydrogen-bond acceptors (Lipinski definition) is 7. The summed E-state index contributed by atoms with van der Waals surface area (Å²) in [5, 5.41) is 13.9. The molecule has 1 aliphatic carbocycles. The molecule has 2 heterocycles. The van der Waals surface area contributed by atoms with Crippen LogP contribution in [0.3, 0.4) is 0 Å². The van der Waals surface area contributed by atoms with Gasteiger partial charge >= 0.3 is 0 Å². The van der Waals surface area contributed by atoms with Crippen LogP contribution in [0.4, 0.5) is 5.69 Å². The first-order valence-corrected chi connectivity index (χ1v) is 10.3. The summed E-state index contributed by atoms with van der Waals surface area (Å²) in [6.45, 7) is 0.0624. The molecule has 1 saturated carbocycles. The summed E-state index contributed by atoms with van der Waals surface area (Å²) in [4.78, 5) is 40.0. The smallest absolute Gasteiger partial charge is 0.255 e. The van der Waals surface area contributed by atoms with E-state index in [-0.39, 0.29) is 18.0 Å². The van der Waals surface area contributed by atoms with Crippen LogP contribution in [0.25, 0.3) is 0 Å². The molecule has 146 valence electrons. The van der Waals surface area contributed by atoms with Gasteiger partial charge in [-0.15, -0.1) is 0 Å². The van der Waals surface area contributed by atoms with Gasteiger partial charge in [-0.2, -0.15) is 15.4 Å². The maximum Gasteiger partial charge on any atom is 0.255 e. The summed E-state index contributed by atoms with van der Waals surface area (Å²) >= 11 is 6.82. The summed E-state index contributed by atoms with van der Waals surface area (Å²) in [7, 11) is 0. The molecule has 0 saturated heterocycles. The normalized spacial score (nSPS) is 19.4. The van der Waals surface area contributed by atoms with Gasteiger partial charge in [-0.05, 0) is 62.8 Å². The minimum absolute atomic E-state index is 0.0256. The number of benzene rings is 1. The Kier molecular flexibility index (Phi) is 5.19. The van der Waals surface area contributed by atoms with Gasteiger partial charge in [0.15, 0.2) is 11.5 Å². The Morgan fingerprint density at radius 2 is 1.83 bits per heavy atom. The van der Waals surface area contributed by atoms with Crippen LogP contribution in [0.1, 0.15) is 19.3 Å². The van der Waals surface area contributed by atoms with Crippen molar-refractivity contribution in [2.45, 2.75) is 19.3 Å². The highest BCUT2D eigenvalue weighted by molar-refractivity contribution is 9.11. The minimum atomic E-state index is -0.602. The zero-order chi connectivity index (χ0) is 20.7. The number of aliphatic imine (C=N–C) groups is 1. The molecule has 1 aromatic carbocycles. The molecule has 0 radical (unpaired) electrons. The van der Waals surface area contributed by atoms with Gasteiger partial charge in [0, 0.05) is 11.6 Å². The SMILES string of the molecule is N#CC1=NN(c2cc(Br)c(OC3=NCC(=O)C(C4CC4)=C3)c(Br)c2)C(=O)CC1=O. The third-order valence-corrected chi connectivity index (χ3v) is 5.73. The third kappa shape index (κ3) is 3.93. The van der Waals surface area contributed by atoms with Gasteiger partial charge in [0.05, 0.1) is 21.1 Å². The van der Waals surface area contributed by atoms with E-state index in [0.717, 1.165) is 23.4 Å². The fourth-order valence-electron chi connectivity index (χ4n) is 2.97. The van der Waals surface area contributed by atoms with E-state index in [0.29, 0.717) is 32.2 Å². The largest absolute Gasteiger partial charge is 0.437 e. The van der Waals surface area contributed by atoms with Crippen LogP contribution in [0.5, 0.6) is 5.75 Å². The number of rotatable bonds is 3. The fraction of sp³-hybridized carbons (Fsp3) is 0.263. The van der Waals surface area contributed by atoms with Crippen molar-refractivity contribution in [2.24, 2.45) is 16.0 Å². The van der Waals surface area contributed by atoms with Gasteiger partial charge < -0.3 is 4.74 Å². The summed E-state index contributed by atoms with van der Waals surface area (Å²) in [6, 6.07) is 4.88. The predicted octanol–water partition coefficient (Wildman–Crippen LogP) is 3.09. The highest BCUT2D eigenvalue weighted by atomic mass is 79.9. The van der Waals surface area contributed by atoms with Crippen molar-refractivity contribution in [3.8, 4) is 11.8 Å². The van der Waals surface area contributed by atoms with Crippen molar-refractivity contribution >= 4 is 66.6 Å². The molecule has 8 nitrogen and oxygen atoms in total. The average Bonchev–Trinajstić information content (AvgIpc) is 3.51.